The van der Waals surface area contributed by atoms with Gasteiger partial charge in [0.05, 0.1) is 23.2 Å². The average molecular weight is 286 g/mol. The van der Waals surface area contributed by atoms with E-state index in [1.807, 2.05) is 6.92 Å². The minimum atomic E-state index is -0.465. The molecule has 2 rings (SSSR count). The van der Waals surface area contributed by atoms with Crippen LogP contribution in [0, 0.1) is 11.7 Å². The van der Waals surface area contributed by atoms with Crippen molar-refractivity contribution < 1.29 is 14.3 Å². The van der Waals surface area contributed by atoms with Crippen LogP contribution in [0.15, 0.2) is 18.2 Å². The van der Waals surface area contributed by atoms with Crippen LogP contribution in [0.3, 0.4) is 0 Å². The molecule has 5 heteroatoms. The number of benzene rings is 1. The summed E-state index contributed by atoms with van der Waals surface area (Å²) < 4.78 is 13.0. The first-order valence-corrected chi connectivity index (χ1v) is 6.79. The Balaban J connectivity index is 2.27. The number of amides is 1. The van der Waals surface area contributed by atoms with Crippen LogP contribution in [0.5, 0.6) is 0 Å². The monoisotopic (exact) mass is 285 g/mol. The Morgan fingerprint density at radius 1 is 1.58 bits per heavy atom. The van der Waals surface area contributed by atoms with Gasteiger partial charge in [0, 0.05) is 6.54 Å². The van der Waals surface area contributed by atoms with Crippen molar-refractivity contribution >= 4 is 17.5 Å². The zero-order chi connectivity index (χ0) is 14.0. The summed E-state index contributed by atoms with van der Waals surface area (Å²) >= 11 is 5.92. The Bertz CT molecular complexity index is 481. The van der Waals surface area contributed by atoms with Crippen molar-refractivity contribution in [3.8, 4) is 0 Å². The minimum Gasteiger partial charge on any atom is -0.394 e. The Morgan fingerprint density at radius 3 is 2.95 bits per heavy atom. The van der Waals surface area contributed by atoms with Crippen molar-refractivity contribution in [2.75, 3.05) is 13.2 Å². The summed E-state index contributed by atoms with van der Waals surface area (Å²) in [5, 5.41) is 9.57. The lowest BCUT2D eigenvalue weighted by atomic mass is 9.90. The van der Waals surface area contributed by atoms with Gasteiger partial charge < -0.3 is 10.0 Å². The van der Waals surface area contributed by atoms with Gasteiger partial charge in [-0.25, -0.2) is 4.39 Å². The maximum absolute atomic E-state index is 13.0. The Labute approximate surface area is 117 Å². The molecule has 0 unspecified atom stereocenters. The van der Waals surface area contributed by atoms with E-state index in [-0.39, 0.29) is 35.1 Å². The van der Waals surface area contributed by atoms with Gasteiger partial charge in [-0.3, -0.25) is 4.79 Å². The normalized spacial score (nSPS) is 23.5. The highest BCUT2D eigenvalue weighted by molar-refractivity contribution is 6.33. The highest BCUT2D eigenvalue weighted by atomic mass is 35.5. The van der Waals surface area contributed by atoms with Crippen LogP contribution >= 0.6 is 11.6 Å². The van der Waals surface area contributed by atoms with Gasteiger partial charge >= 0.3 is 0 Å². The molecule has 0 radical (unpaired) electrons. The molecule has 1 aliphatic heterocycles. The largest absolute Gasteiger partial charge is 0.394 e. The third kappa shape index (κ3) is 2.90. The SMILES string of the molecule is C[C@@H]1CCCN(C(=O)c2ccc(F)cc2Cl)[C@H]1CO. The van der Waals surface area contributed by atoms with Crippen LogP contribution in [0.25, 0.3) is 0 Å². The van der Waals surface area contributed by atoms with Crippen molar-refractivity contribution in [1.29, 1.82) is 0 Å². The molecule has 0 spiro atoms. The number of hydrogen-bond donors (Lipinski definition) is 1. The second kappa shape index (κ2) is 5.88. The van der Waals surface area contributed by atoms with E-state index in [0.29, 0.717) is 6.54 Å². The molecule has 1 fully saturated rings. The van der Waals surface area contributed by atoms with E-state index in [2.05, 4.69) is 0 Å². The van der Waals surface area contributed by atoms with E-state index in [4.69, 9.17) is 11.6 Å². The number of piperidine rings is 1. The summed E-state index contributed by atoms with van der Waals surface area (Å²) in [7, 11) is 0. The molecule has 2 atom stereocenters. The molecule has 1 aliphatic rings. The van der Waals surface area contributed by atoms with Gasteiger partial charge in [-0.15, -0.1) is 0 Å². The summed E-state index contributed by atoms with van der Waals surface area (Å²) in [6, 6.07) is 3.56. The first-order chi connectivity index (χ1) is 9.04. The van der Waals surface area contributed by atoms with Crippen molar-refractivity contribution in [2.45, 2.75) is 25.8 Å². The second-order valence-electron chi connectivity index (χ2n) is 4.99. The fraction of sp³-hybridized carbons (Fsp3) is 0.500. The van der Waals surface area contributed by atoms with Crippen molar-refractivity contribution in [3.05, 3.63) is 34.6 Å². The molecule has 1 aromatic carbocycles. The smallest absolute Gasteiger partial charge is 0.255 e. The second-order valence-corrected chi connectivity index (χ2v) is 5.40. The molecule has 19 heavy (non-hydrogen) atoms. The summed E-state index contributed by atoms with van der Waals surface area (Å²) in [6.45, 7) is 2.56. The average Bonchev–Trinajstić information content (AvgIpc) is 2.37. The van der Waals surface area contributed by atoms with Gasteiger partial charge in [0.1, 0.15) is 5.82 Å². The van der Waals surface area contributed by atoms with Gasteiger partial charge in [-0.1, -0.05) is 18.5 Å². The predicted molar refractivity (Wildman–Crippen MR) is 71.7 cm³/mol. The molecular weight excluding hydrogens is 269 g/mol. The van der Waals surface area contributed by atoms with Crippen LogP contribution in [-0.4, -0.2) is 35.1 Å². The van der Waals surface area contributed by atoms with Crippen LogP contribution < -0.4 is 0 Å². The summed E-state index contributed by atoms with van der Waals surface area (Å²) in [5.41, 5.74) is 0.288. The summed E-state index contributed by atoms with van der Waals surface area (Å²) in [6.07, 6.45) is 1.90. The van der Waals surface area contributed by atoms with Gasteiger partial charge in [0.25, 0.3) is 5.91 Å². The summed E-state index contributed by atoms with van der Waals surface area (Å²) in [5.74, 6) is -0.454. The highest BCUT2D eigenvalue weighted by Crippen LogP contribution is 2.27. The molecule has 1 heterocycles. The Kier molecular flexibility index (Phi) is 4.42. The standard InChI is InChI=1S/C14H17ClFNO2/c1-9-3-2-6-17(13(9)8-18)14(19)11-5-4-10(16)7-12(11)15/h4-5,7,9,13,18H,2-3,6,8H2,1H3/t9-,13+/m1/s1. The van der Waals surface area contributed by atoms with Gasteiger partial charge in [0.15, 0.2) is 0 Å². The lowest BCUT2D eigenvalue weighted by Crippen LogP contribution is -2.49. The number of rotatable bonds is 2. The molecule has 1 amide bonds. The maximum Gasteiger partial charge on any atom is 0.255 e. The molecular formula is C14H17ClFNO2. The molecule has 1 aromatic rings. The number of aliphatic hydroxyl groups excluding tert-OH is 1. The van der Waals surface area contributed by atoms with E-state index in [9.17, 15) is 14.3 Å². The minimum absolute atomic E-state index is 0.0638. The molecule has 3 nitrogen and oxygen atoms in total. The van der Waals surface area contributed by atoms with E-state index in [0.717, 1.165) is 18.9 Å². The molecule has 0 bridgehead atoms. The number of nitrogens with zero attached hydrogens (tertiary/aromatic N) is 1. The quantitative estimate of drug-likeness (QED) is 0.908. The molecule has 0 aromatic heterocycles. The number of carbonyl (C=O) groups is 1. The lowest BCUT2D eigenvalue weighted by Gasteiger charge is -2.39. The van der Waals surface area contributed by atoms with Crippen molar-refractivity contribution in [1.82, 2.24) is 4.90 Å². The lowest BCUT2D eigenvalue weighted by molar-refractivity contribution is 0.0358. The zero-order valence-corrected chi connectivity index (χ0v) is 11.5. The summed E-state index contributed by atoms with van der Waals surface area (Å²) in [4.78, 5) is 14.1. The molecule has 1 saturated heterocycles. The van der Waals surface area contributed by atoms with Crippen LogP contribution in [0.1, 0.15) is 30.1 Å². The first kappa shape index (κ1) is 14.3. The maximum atomic E-state index is 13.0. The Hall–Kier alpha value is -1.13. The molecule has 0 aliphatic carbocycles. The topological polar surface area (TPSA) is 40.5 Å². The zero-order valence-electron chi connectivity index (χ0n) is 10.8. The van der Waals surface area contributed by atoms with E-state index >= 15 is 0 Å². The fourth-order valence-corrected chi connectivity index (χ4v) is 2.85. The molecule has 104 valence electrons. The van der Waals surface area contributed by atoms with Crippen LogP contribution in [0.4, 0.5) is 4.39 Å². The van der Waals surface area contributed by atoms with Crippen molar-refractivity contribution in [3.63, 3.8) is 0 Å². The van der Waals surface area contributed by atoms with E-state index in [1.165, 1.54) is 12.1 Å². The number of likely N-dealkylation sites (tertiary alicyclic amines) is 1. The Morgan fingerprint density at radius 2 is 2.32 bits per heavy atom. The van der Waals surface area contributed by atoms with Crippen LogP contribution in [-0.2, 0) is 0 Å². The van der Waals surface area contributed by atoms with Crippen molar-refractivity contribution in [2.24, 2.45) is 5.92 Å². The number of hydrogen-bond acceptors (Lipinski definition) is 2. The molecule has 1 N–H and O–H groups in total. The number of aliphatic hydroxyl groups is 1. The number of carbonyl (C=O) groups excluding carboxylic acids is 1. The third-order valence-electron chi connectivity index (χ3n) is 3.73. The number of halogens is 2. The third-order valence-corrected chi connectivity index (χ3v) is 4.04. The van der Waals surface area contributed by atoms with Gasteiger partial charge in [0.2, 0.25) is 0 Å². The highest BCUT2D eigenvalue weighted by Gasteiger charge is 2.32. The van der Waals surface area contributed by atoms with Gasteiger partial charge in [-0.05, 0) is 37.0 Å². The first-order valence-electron chi connectivity index (χ1n) is 6.41. The fourth-order valence-electron chi connectivity index (χ4n) is 2.60. The van der Waals surface area contributed by atoms with Gasteiger partial charge in [-0.2, -0.15) is 0 Å². The van der Waals surface area contributed by atoms with E-state index < -0.39 is 5.82 Å². The van der Waals surface area contributed by atoms with E-state index in [1.54, 1.807) is 4.90 Å². The molecule has 0 saturated carbocycles. The van der Waals surface area contributed by atoms with Crippen LogP contribution in [0.2, 0.25) is 5.02 Å². The predicted octanol–water partition coefficient (Wildman–Crippen LogP) is 2.71.